The molecule has 25 heavy (non-hydrogen) atoms. The lowest BCUT2D eigenvalue weighted by Crippen LogP contribution is -2.62. The van der Waals surface area contributed by atoms with Crippen LogP contribution in [0.1, 0.15) is 19.8 Å². The molecule has 2 fully saturated rings. The zero-order valence-electron chi connectivity index (χ0n) is 13.4. The van der Waals surface area contributed by atoms with E-state index in [4.69, 9.17) is 0 Å². The van der Waals surface area contributed by atoms with E-state index in [1.807, 2.05) is 0 Å². The topological polar surface area (TPSA) is 118 Å². The molecule has 1 heterocycles. The highest BCUT2D eigenvalue weighted by Crippen LogP contribution is 2.33. The van der Waals surface area contributed by atoms with Crippen LogP contribution in [0, 0.1) is 22.0 Å². The maximum atomic E-state index is 12.7. The predicted octanol–water partition coefficient (Wildman–Crippen LogP) is 1.51. The van der Waals surface area contributed by atoms with Gasteiger partial charge in [0.15, 0.2) is 11.7 Å². The smallest absolute Gasteiger partial charge is 0.299 e. The van der Waals surface area contributed by atoms with Crippen LogP contribution in [0.5, 0.6) is 0 Å². The number of amides is 4. The van der Waals surface area contributed by atoms with Crippen LogP contribution in [0.3, 0.4) is 0 Å². The summed E-state index contributed by atoms with van der Waals surface area (Å²) in [5, 5.41) is 10.9. The number of nitro benzene ring substituents is 1. The Labute approximate surface area is 142 Å². The molecule has 0 aromatic heterocycles. The zero-order valence-corrected chi connectivity index (χ0v) is 13.4. The number of anilines is 1. The number of urea groups is 1. The Balaban J connectivity index is 2.03. The second-order valence-corrected chi connectivity index (χ2v) is 6.17. The summed E-state index contributed by atoms with van der Waals surface area (Å²) < 4.78 is 0. The first-order chi connectivity index (χ1) is 11.8. The van der Waals surface area contributed by atoms with Crippen LogP contribution in [0.15, 0.2) is 24.3 Å². The summed E-state index contributed by atoms with van der Waals surface area (Å²) >= 11 is 0. The number of Topliss-reactive ketones (excluding diaryl/α,β-unsaturated/α-hetero) is 1. The fraction of sp³-hybridized carbons (Fsp3) is 0.375. The first-order valence-electron chi connectivity index (χ1n) is 7.75. The maximum absolute atomic E-state index is 12.7. The van der Waals surface area contributed by atoms with Crippen molar-refractivity contribution in [1.29, 1.82) is 0 Å². The molecular formula is C16H15N3O6. The third kappa shape index (κ3) is 3.00. The molecular weight excluding hydrogens is 330 g/mol. The first-order valence-corrected chi connectivity index (χ1v) is 7.75. The zero-order chi connectivity index (χ0) is 18.3. The maximum Gasteiger partial charge on any atom is 0.338 e. The van der Waals surface area contributed by atoms with Crippen molar-refractivity contribution in [2.24, 2.45) is 11.8 Å². The van der Waals surface area contributed by atoms with E-state index in [9.17, 15) is 29.3 Å². The molecule has 0 radical (unpaired) electrons. The molecule has 1 aliphatic carbocycles. The number of hydrogen-bond acceptors (Lipinski definition) is 6. The Morgan fingerprint density at radius 3 is 2.48 bits per heavy atom. The molecule has 2 aliphatic rings. The third-order valence-corrected chi connectivity index (χ3v) is 4.25. The van der Waals surface area contributed by atoms with E-state index >= 15 is 0 Å². The molecule has 1 atom stereocenters. The minimum atomic E-state index is -1.60. The van der Waals surface area contributed by atoms with Crippen molar-refractivity contribution < 1.29 is 24.1 Å². The first kappa shape index (κ1) is 16.7. The van der Waals surface area contributed by atoms with Gasteiger partial charge in [0.05, 0.1) is 10.6 Å². The van der Waals surface area contributed by atoms with Crippen LogP contribution < -0.4 is 4.90 Å². The summed E-state index contributed by atoms with van der Waals surface area (Å²) in [6, 6.07) is 4.10. The van der Waals surface area contributed by atoms with Crippen LogP contribution in [0.25, 0.3) is 0 Å². The summed E-state index contributed by atoms with van der Waals surface area (Å²) in [5.74, 6) is -3.90. The van der Waals surface area contributed by atoms with E-state index in [2.05, 4.69) is 0 Å². The third-order valence-electron chi connectivity index (χ3n) is 4.25. The SMILES string of the molecule is CC(=O)C1C(=O)N(CC2CC2)C(=O)N(c2cccc([N+](=O)[O-])c2)C1=O. The lowest BCUT2D eigenvalue weighted by Gasteiger charge is -2.36. The highest BCUT2D eigenvalue weighted by Gasteiger charge is 2.49. The minimum Gasteiger partial charge on any atom is -0.299 e. The number of rotatable bonds is 5. The van der Waals surface area contributed by atoms with E-state index in [1.54, 1.807) is 0 Å². The van der Waals surface area contributed by atoms with Gasteiger partial charge in [-0.15, -0.1) is 0 Å². The van der Waals surface area contributed by atoms with Crippen LogP contribution in [0.2, 0.25) is 0 Å². The van der Waals surface area contributed by atoms with Crippen LogP contribution in [-0.2, 0) is 14.4 Å². The Kier molecular flexibility index (Phi) is 4.07. The molecule has 0 bridgehead atoms. The number of hydrogen-bond donors (Lipinski definition) is 0. The van der Waals surface area contributed by atoms with E-state index in [-0.39, 0.29) is 23.8 Å². The predicted molar refractivity (Wildman–Crippen MR) is 84.6 cm³/mol. The largest absolute Gasteiger partial charge is 0.338 e. The second kappa shape index (κ2) is 6.08. The molecule has 1 aromatic rings. The Bertz CT molecular complexity index is 801. The Morgan fingerprint density at radius 2 is 1.92 bits per heavy atom. The quantitative estimate of drug-likeness (QED) is 0.453. The molecule has 1 aromatic carbocycles. The molecule has 1 saturated heterocycles. The minimum absolute atomic E-state index is 0.0382. The van der Waals surface area contributed by atoms with Crippen LogP contribution in [0.4, 0.5) is 16.2 Å². The summed E-state index contributed by atoms with van der Waals surface area (Å²) in [6.07, 6.45) is 1.74. The molecule has 1 aliphatic heterocycles. The number of barbiturate groups is 1. The Morgan fingerprint density at radius 1 is 1.24 bits per heavy atom. The molecule has 1 unspecified atom stereocenters. The van der Waals surface area contributed by atoms with Crippen molar-refractivity contribution in [2.75, 3.05) is 11.4 Å². The van der Waals surface area contributed by atoms with Crippen molar-refractivity contribution >= 4 is 35.0 Å². The van der Waals surface area contributed by atoms with Crippen molar-refractivity contribution in [3.05, 3.63) is 34.4 Å². The molecule has 1 saturated carbocycles. The Hall–Kier alpha value is -3.10. The summed E-state index contributed by atoms with van der Waals surface area (Å²) in [7, 11) is 0. The molecule has 9 heteroatoms. The normalized spacial score (nSPS) is 20.8. The highest BCUT2D eigenvalue weighted by molar-refractivity contribution is 6.34. The number of carbonyl (C=O) groups excluding carboxylic acids is 4. The van der Waals surface area contributed by atoms with Gasteiger partial charge < -0.3 is 0 Å². The highest BCUT2D eigenvalue weighted by atomic mass is 16.6. The van der Waals surface area contributed by atoms with E-state index < -0.39 is 34.5 Å². The molecule has 9 nitrogen and oxygen atoms in total. The molecule has 0 N–H and O–H groups in total. The molecule has 3 rings (SSSR count). The lowest BCUT2D eigenvalue weighted by atomic mass is 9.98. The number of nitrogens with zero attached hydrogens (tertiary/aromatic N) is 3. The van der Waals surface area contributed by atoms with Crippen LogP contribution in [-0.4, -0.2) is 40.0 Å². The fourth-order valence-corrected chi connectivity index (χ4v) is 2.76. The average molecular weight is 345 g/mol. The molecule has 130 valence electrons. The summed E-state index contributed by atoms with van der Waals surface area (Å²) in [6.45, 7) is 1.25. The van der Waals surface area contributed by atoms with Crippen molar-refractivity contribution in [3.63, 3.8) is 0 Å². The lowest BCUT2D eigenvalue weighted by molar-refractivity contribution is -0.384. The fourth-order valence-electron chi connectivity index (χ4n) is 2.76. The van der Waals surface area contributed by atoms with Gasteiger partial charge in [-0.2, -0.15) is 0 Å². The second-order valence-electron chi connectivity index (χ2n) is 6.17. The van der Waals surface area contributed by atoms with Gasteiger partial charge in [0.25, 0.3) is 17.5 Å². The summed E-state index contributed by atoms with van der Waals surface area (Å²) in [4.78, 5) is 61.4. The number of non-ortho nitro benzene ring substituents is 1. The number of carbonyl (C=O) groups is 4. The van der Waals surface area contributed by atoms with Gasteiger partial charge >= 0.3 is 6.03 Å². The van der Waals surface area contributed by atoms with Crippen LogP contribution >= 0.6 is 0 Å². The van der Waals surface area contributed by atoms with Gasteiger partial charge in [-0.05, 0) is 31.7 Å². The monoisotopic (exact) mass is 345 g/mol. The van der Waals surface area contributed by atoms with Crippen molar-refractivity contribution in [3.8, 4) is 0 Å². The van der Waals surface area contributed by atoms with Gasteiger partial charge in [-0.3, -0.25) is 29.4 Å². The van der Waals surface area contributed by atoms with Gasteiger partial charge in [0.2, 0.25) is 0 Å². The summed E-state index contributed by atoms with van der Waals surface area (Å²) in [5.41, 5.74) is -0.341. The number of benzene rings is 1. The number of imide groups is 2. The van der Waals surface area contributed by atoms with Gasteiger partial charge in [-0.1, -0.05) is 6.07 Å². The van der Waals surface area contributed by atoms with Gasteiger partial charge in [0, 0.05) is 18.7 Å². The molecule has 4 amide bonds. The standard InChI is InChI=1S/C16H15N3O6/c1-9(20)13-14(21)17(8-10-5-6-10)16(23)18(15(13)22)11-3-2-4-12(7-11)19(24)25/h2-4,7,10,13H,5-6,8H2,1H3. The van der Waals surface area contributed by atoms with Gasteiger partial charge in [0.1, 0.15) is 0 Å². The van der Waals surface area contributed by atoms with E-state index in [0.717, 1.165) is 30.7 Å². The van der Waals surface area contributed by atoms with E-state index in [1.165, 1.54) is 18.2 Å². The number of ketones is 1. The van der Waals surface area contributed by atoms with E-state index in [0.29, 0.717) is 4.90 Å². The van der Waals surface area contributed by atoms with Crippen molar-refractivity contribution in [1.82, 2.24) is 4.90 Å². The average Bonchev–Trinajstić information content (AvgIpc) is 3.35. The van der Waals surface area contributed by atoms with Crippen molar-refractivity contribution in [2.45, 2.75) is 19.8 Å². The number of nitro groups is 1. The molecule has 0 spiro atoms. The van der Waals surface area contributed by atoms with Gasteiger partial charge in [-0.25, -0.2) is 9.69 Å².